The second-order valence-corrected chi connectivity index (χ2v) is 8.12. The Bertz CT molecular complexity index is 594. The van der Waals surface area contributed by atoms with Crippen molar-refractivity contribution in [3.63, 3.8) is 0 Å². The smallest absolute Gasteiger partial charge is 0.240 e. The molecule has 2 aliphatic carbocycles. The zero-order chi connectivity index (χ0) is 15.0. The molecule has 0 aliphatic heterocycles. The van der Waals surface area contributed by atoms with Crippen LogP contribution in [0.2, 0.25) is 0 Å². The molecule has 5 heteroatoms. The Morgan fingerprint density at radius 3 is 2.29 bits per heavy atom. The Morgan fingerprint density at radius 2 is 1.76 bits per heavy atom. The van der Waals surface area contributed by atoms with Gasteiger partial charge in [-0.3, -0.25) is 0 Å². The van der Waals surface area contributed by atoms with E-state index in [1.165, 1.54) is 25.7 Å². The van der Waals surface area contributed by atoms with E-state index in [0.717, 1.165) is 5.56 Å². The zero-order valence-corrected chi connectivity index (χ0v) is 13.5. The molecule has 0 bridgehead atoms. The number of hydrogen-bond acceptors (Lipinski definition) is 3. The summed E-state index contributed by atoms with van der Waals surface area (Å²) in [4.78, 5) is 0.383. The highest BCUT2D eigenvalue weighted by Crippen LogP contribution is 2.45. The molecule has 0 amide bonds. The lowest BCUT2D eigenvalue weighted by atomic mass is 10.1. The van der Waals surface area contributed by atoms with Crippen molar-refractivity contribution in [3.05, 3.63) is 29.8 Å². The predicted octanol–water partition coefficient (Wildman–Crippen LogP) is 2.43. The van der Waals surface area contributed by atoms with Crippen LogP contribution in [-0.2, 0) is 10.0 Å². The van der Waals surface area contributed by atoms with E-state index < -0.39 is 10.0 Å². The normalized spacial score (nSPS) is 20.7. The summed E-state index contributed by atoms with van der Waals surface area (Å²) in [5, 5.41) is 3.14. The highest BCUT2D eigenvalue weighted by atomic mass is 32.2. The molecule has 0 radical (unpaired) electrons. The average molecular weight is 308 g/mol. The molecule has 1 aromatic carbocycles. The van der Waals surface area contributed by atoms with Crippen molar-refractivity contribution in [2.75, 3.05) is 7.05 Å². The average Bonchev–Trinajstić information content (AvgIpc) is 3.37. The second kappa shape index (κ2) is 5.71. The van der Waals surface area contributed by atoms with Crippen molar-refractivity contribution in [1.82, 2.24) is 10.0 Å². The van der Waals surface area contributed by atoms with Crippen LogP contribution in [0.4, 0.5) is 0 Å². The summed E-state index contributed by atoms with van der Waals surface area (Å²) < 4.78 is 28.2. The minimum Gasteiger partial charge on any atom is -0.313 e. The van der Waals surface area contributed by atoms with Gasteiger partial charge in [0.1, 0.15) is 0 Å². The minimum atomic E-state index is -3.41. The molecule has 3 rings (SSSR count). The highest BCUT2D eigenvalue weighted by molar-refractivity contribution is 7.89. The van der Waals surface area contributed by atoms with E-state index in [9.17, 15) is 8.42 Å². The van der Waals surface area contributed by atoms with E-state index >= 15 is 0 Å². The molecular weight excluding hydrogens is 284 g/mol. The fourth-order valence-corrected chi connectivity index (χ4v) is 4.28. The molecule has 0 aromatic heterocycles. The minimum absolute atomic E-state index is 0.141. The SMILES string of the molecule is CNC(C)c1cccc(S(=O)(=O)NC(C2CC2)C2CC2)c1. The van der Waals surface area contributed by atoms with Crippen molar-refractivity contribution in [2.45, 2.75) is 49.6 Å². The van der Waals surface area contributed by atoms with Crippen molar-refractivity contribution in [2.24, 2.45) is 11.8 Å². The predicted molar refractivity (Wildman–Crippen MR) is 83.5 cm³/mol. The van der Waals surface area contributed by atoms with Crippen molar-refractivity contribution in [3.8, 4) is 0 Å². The lowest BCUT2D eigenvalue weighted by Gasteiger charge is -2.18. The van der Waals surface area contributed by atoms with Gasteiger partial charge in [0.15, 0.2) is 0 Å². The van der Waals surface area contributed by atoms with Crippen molar-refractivity contribution >= 4 is 10.0 Å². The first-order valence-corrected chi connectivity index (χ1v) is 9.29. The number of rotatable bonds is 7. The van der Waals surface area contributed by atoms with E-state index in [-0.39, 0.29) is 12.1 Å². The molecule has 116 valence electrons. The van der Waals surface area contributed by atoms with Gasteiger partial charge in [0.25, 0.3) is 0 Å². The summed E-state index contributed by atoms with van der Waals surface area (Å²) in [6, 6.07) is 7.54. The van der Waals surface area contributed by atoms with E-state index in [2.05, 4.69) is 10.0 Å². The first kappa shape index (κ1) is 15.0. The molecule has 0 spiro atoms. The van der Waals surface area contributed by atoms with Gasteiger partial charge in [-0.2, -0.15) is 0 Å². The van der Waals surface area contributed by atoms with E-state index in [0.29, 0.717) is 16.7 Å². The van der Waals surface area contributed by atoms with Crippen LogP contribution in [0.3, 0.4) is 0 Å². The standard InChI is InChI=1S/C16H24N2O2S/c1-11(17-2)14-4-3-5-15(10-14)21(19,20)18-16(12-6-7-12)13-8-9-13/h3-5,10-13,16-18H,6-9H2,1-2H3. The number of sulfonamides is 1. The van der Waals surface area contributed by atoms with Gasteiger partial charge in [0.2, 0.25) is 10.0 Å². The molecular formula is C16H24N2O2S. The molecule has 1 unspecified atom stereocenters. The maximum absolute atomic E-state index is 12.6. The summed E-state index contributed by atoms with van der Waals surface area (Å²) in [6.07, 6.45) is 4.67. The Balaban J connectivity index is 1.80. The summed E-state index contributed by atoms with van der Waals surface area (Å²) in [7, 11) is -1.54. The molecule has 1 aromatic rings. The van der Waals surface area contributed by atoms with Crippen LogP contribution in [0.25, 0.3) is 0 Å². The number of nitrogens with one attached hydrogen (secondary N) is 2. The van der Waals surface area contributed by atoms with Crippen LogP contribution < -0.4 is 10.0 Å². The fraction of sp³-hybridized carbons (Fsp3) is 0.625. The molecule has 0 saturated heterocycles. The maximum atomic E-state index is 12.6. The molecule has 1 atom stereocenters. The Morgan fingerprint density at radius 1 is 1.14 bits per heavy atom. The van der Waals surface area contributed by atoms with Crippen LogP contribution >= 0.6 is 0 Å². The molecule has 2 saturated carbocycles. The summed E-state index contributed by atoms with van der Waals surface area (Å²) >= 11 is 0. The molecule has 2 fully saturated rings. The highest BCUT2D eigenvalue weighted by Gasteiger charge is 2.43. The Kier molecular flexibility index (Phi) is 4.08. The quantitative estimate of drug-likeness (QED) is 0.813. The van der Waals surface area contributed by atoms with Gasteiger partial charge in [-0.25, -0.2) is 13.1 Å². The van der Waals surface area contributed by atoms with Gasteiger partial charge in [-0.05, 0) is 69.2 Å². The Hall–Kier alpha value is -0.910. The van der Waals surface area contributed by atoms with Crippen LogP contribution in [-0.4, -0.2) is 21.5 Å². The summed E-state index contributed by atoms with van der Waals surface area (Å²) in [6.45, 7) is 2.02. The molecule has 2 aliphatic rings. The Labute approximate surface area is 127 Å². The van der Waals surface area contributed by atoms with E-state index in [1.807, 2.05) is 26.1 Å². The third-order valence-electron chi connectivity index (χ3n) is 4.65. The fourth-order valence-electron chi connectivity index (χ4n) is 2.85. The van der Waals surface area contributed by atoms with Gasteiger partial charge in [0, 0.05) is 12.1 Å². The third kappa shape index (κ3) is 3.47. The first-order valence-electron chi connectivity index (χ1n) is 7.81. The maximum Gasteiger partial charge on any atom is 0.240 e. The van der Waals surface area contributed by atoms with E-state index in [1.54, 1.807) is 12.1 Å². The zero-order valence-electron chi connectivity index (χ0n) is 12.7. The van der Waals surface area contributed by atoms with Crippen LogP contribution in [0.15, 0.2) is 29.2 Å². The summed E-state index contributed by atoms with van der Waals surface area (Å²) in [5.41, 5.74) is 0.995. The van der Waals surface area contributed by atoms with Crippen LogP contribution in [0, 0.1) is 11.8 Å². The van der Waals surface area contributed by atoms with Crippen molar-refractivity contribution < 1.29 is 8.42 Å². The van der Waals surface area contributed by atoms with Gasteiger partial charge in [0.05, 0.1) is 4.90 Å². The second-order valence-electron chi connectivity index (χ2n) is 6.40. The first-order chi connectivity index (χ1) is 10.0. The number of hydrogen-bond donors (Lipinski definition) is 2. The summed E-state index contributed by atoms with van der Waals surface area (Å²) in [5.74, 6) is 1.12. The molecule has 21 heavy (non-hydrogen) atoms. The van der Waals surface area contributed by atoms with Crippen molar-refractivity contribution in [1.29, 1.82) is 0 Å². The largest absolute Gasteiger partial charge is 0.313 e. The monoisotopic (exact) mass is 308 g/mol. The number of benzene rings is 1. The molecule has 0 heterocycles. The van der Waals surface area contributed by atoms with Gasteiger partial charge in [-0.15, -0.1) is 0 Å². The van der Waals surface area contributed by atoms with E-state index in [4.69, 9.17) is 0 Å². The van der Waals surface area contributed by atoms with Gasteiger partial charge < -0.3 is 5.32 Å². The van der Waals surface area contributed by atoms with Gasteiger partial charge >= 0.3 is 0 Å². The topological polar surface area (TPSA) is 58.2 Å². The van der Waals surface area contributed by atoms with Gasteiger partial charge in [-0.1, -0.05) is 12.1 Å². The third-order valence-corrected chi connectivity index (χ3v) is 6.11. The van der Waals surface area contributed by atoms with Crippen LogP contribution in [0.1, 0.15) is 44.2 Å². The molecule has 2 N–H and O–H groups in total. The lowest BCUT2D eigenvalue weighted by Crippen LogP contribution is -2.38. The lowest BCUT2D eigenvalue weighted by molar-refractivity contribution is 0.471. The van der Waals surface area contributed by atoms with Crippen LogP contribution in [0.5, 0.6) is 0 Å². The molecule has 4 nitrogen and oxygen atoms in total.